The SMILES string of the molecule is CCNC(=NCC(c1ccc(C)cc1)N1CCCC1)NCC1CCCO1.I. The summed E-state index contributed by atoms with van der Waals surface area (Å²) < 4.78 is 5.72. The number of nitrogens with one attached hydrogen (secondary N) is 2. The van der Waals surface area contributed by atoms with Crippen molar-refractivity contribution < 1.29 is 4.74 Å². The third-order valence-electron chi connectivity index (χ3n) is 5.33. The number of halogens is 1. The van der Waals surface area contributed by atoms with Gasteiger partial charge >= 0.3 is 0 Å². The minimum absolute atomic E-state index is 0. The molecule has 0 spiro atoms. The minimum Gasteiger partial charge on any atom is -0.376 e. The van der Waals surface area contributed by atoms with Crippen molar-refractivity contribution in [2.75, 3.05) is 39.3 Å². The summed E-state index contributed by atoms with van der Waals surface area (Å²) in [7, 11) is 0. The van der Waals surface area contributed by atoms with Crippen LogP contribution < -0.4 is 10.6 Å². The zero-order chi connectivity index (χ0) is 18.2. The first kappa shape index (κ1) is 22.4. The van der Waals surface area contributed by atoms with Gasteiger partial charge in [-0.1, -0.05) is 29.8 Å². The third-order valence-corrected chi connectivity index (χ3v) is 5.33. The summed E-state index contributed by atoms with van der Waals surface area (Å²) >= 11 is 0. The lowest BCUT2D eigenvalue weighted by atomic mass is 10.0. The maximum atomic E-state index is 5.72. The van der Waals surface area contributed by atoms with Crippen molar-refractivity contribution in [1.82, 2.24) is 15.5 Å². The normalized spacial score (nSPS) is 21.7. The maximum absolute atomic E-state index is 5.72. The number of rotatable bonds is 7. The summed E-state index contributed by atoms with van der Waals surface area (Å²) in [5.41, 5.74) is 2.68. The molecule has 3 rings (SSSR count). The van der Waals surface area contributed by atoms with E-state index in [1.54, 1.807) is 0 Å². The fraction of sp³-hybridized carbons (Fsp3) is 0.667. The van der Waals surface area contributed by atoms with Gasteiger partial charge in [0.25, 0.3) is 0 Å². The van der Waals surface area contributed by atoms with E-state index in [-0.39, 0.29) is 24.0 Å². The number of hydrogen-bond acceptors (Lipinski definition) is 3. The quantitative estimate of drug-likeness (QED) is 0.352. The molecule has 0 aliphatic carbocycles. The van der Waals surface area contributed by atoms with Gasteiger partial charge in [-0.3, -0.25) is 9.89 Å². The molecule has 5 nitrogen and oxygen atoms in total. The van der Waals surface area contributed by atoms with E-state index in [0.717, 1.165) is 38.6 Å². The van der Waals surface area contributed by atoms with Crippen molar-refractivity contribution in [2.45, 2.75) is 51.7 Å². The van der Waals surface area contributed by atoms with Crippen LogP contribution in [0.3, 0.4) is 0 Å². The number of aliphatic imine (C=N–C) groups is 1. The van der Waals surface area contributed by atoms with Gasteiger partial charge in [0.2, 0.25) is 0 Å². The van der Waals surface area contributed by atoms with Crippen LogP contribution in [-0.4, -0.2) is 56.3 Å². The zero-order valence-electron chi connectivity index (χ0n) is 16.7. The Bertz CT molecular complexity index is 566. The molecule has 2 heterocycles. The molecule has 27 heavy (non-hydrogen) atoms. The molecule has 2 N–H and O–H groups in total. The molecule has 2 aliphatic heterocycles. The zero-order valence-corrected chi connectivity index (χ0v) is 19.1. The van der Waals surface area contributed by atoms with Crippen LogP contribution in [0.4, 0.5) is 0 Å². The van der Waals surface area contributed by atoms with Crippen LogP contribution in [0.5, 0.6) is 0 Å². The van der Waals surface area contributed by atoms with E-state index >= 15 is 0 Å². The van der Waals surface area contributed by atoms with Crippen molar-refractivity contribution in [3.05, 3.63) is 35.4 Å². The first-order valence-electron chi connectivity index (χ1n) is 10.2. The second-order valence-corrected chi connectivity index (χ2v) is 7.41. The molecule has 0 amide bonds. The Hall–Kier alpha value is -0.860. The van der Waals surface area contributed by atoms with Crippen molar-refractivity contribution in [3.63, 3.8) is 0 Å². The molecule has 0 radical (unpaired) electrons. The molecular formula is C21H35IN4O. The molecule has 2 fully saturated rings. The molecule has 2 aliphatic rings. The fourth-order valence-electron chi connectivity index (χ4n) is 3.81. The van der Waals surface area contributed by atoms with E-state index in [1.165, 1.54) is 43.5 Å². The fourth-order valence-corrected chi connectivity index (χ4v) is 3.81. The molecule has 2 saturated heterocycles. The average molecular weight is 486 g/mol. The predicted molar refractivity (Wildman–Crippen MR) is 123 cm³/mol. The average Bonchev–Trinajstić information content (AvgIpc) is 3.35. The summed E-state index contributed by atoms with van der Waals surface area (Å²) in [6.45, 7) is 9.99. The van der Waals surface area contributed by atoms with Gasteiger partial charge in [-0.05, 0) is 58.2 Å². The number of likely N-dealkylation sites (tertiary alicyclic amines) is 1. The molecule has 0 bridgehead atoms. The predicted octanol–water partition coefficient (Wildman–Crippen LogP) is 3.48. The van der Waals surface area contributed by atoms with Crippen molar-refractivity contribution in [3.8, 4) is 0 Å². The molecule has 1 aromatic rings. The summed E-state index contributed by atoms with van der Waals surface area (Å²) in [6, 6.07) is 9.31. The summed E-state index contributed by atoms with van der Waals surface area (Å²) in [6.07, 6.45) is 5.23. The van der Waals surface area contributed by atoms with Crippen LogP contribution in [0, 0.1) is 6.92 Å². The van der Waals surface area contributed by atoms with E-state index in [0.29, 0.717) is 12.1 Å². The second-order valence-electron chi connectivity index (χ2n) is 7.41. The molecule has 0 saturated carbocycles. The van der Waals surface area contributed by atoms with Gasteiger partial charge in [-0.15, -0.1) is 24.0 Å². The number of guanidine groups is 1. The lowest BCUT2D eigenvalue weighted by Crippen LogP contribution is -2.41. The van der Waals surface area contributed by atoms with E-state index < -0.39 is 0 Å². The highest BCUT2D eigenvalue weighted by Gasteiger charge is 2.23. The van der Waals surface area contributed by atoms with Crippen molar-refractivity contribution in [1.29, 1.82) is 0 Å². The van der Waals surface area contributed by atoms with E-state index in [1.807, 2.05) is 0 Å². The Labute approximate surface area is 181 Å². The molecule has 152 valence electrons. The standard InChI is InChI=1S/C21H34N4O.HI/c1-3-22-21(23-15-19-7-6-14-26-19)24-16-20(25-12-4-5-13-25)18-10-8-17(2)9-11-18;/h8-11,19-20H,3-7,12-16H2,1-2H3,(H2,22,23,24);1H. The van der Waals surface area contributed by atoms with Crippen LogP contribution in [0.25, 0.3) is 0 Å². The molecule has 6 heteroatoms. The van der Waals surface area contributed by atoms with Gasteiger partial charge < -0.3 is 15.4 Å². The Morgan fingerprint density at radius 1 is 1.19 bits per heavy atom. The smallest absolute Gasteiger partial charge is 0.191 e. The van der Waals surface area contributed by atoms with Gasteiger partial charge in [0.1, 0.15) is 0 Å². The second kappa shape index (κ2) is 11.9. The molecule has 2 unspecified atom stereocenters. The summed E-state index contributed by atoms with van der Waals surface area (Å²) in [5.74, 6) is 0.902. The highest BCUT2D eigenvalue weighted by atomic mass is 127. The lowest BCUT2D eigenvalue weighted by molar-refractivity contribution is 0.113. The maximum Gasteiger partial charge on any atom is 0.191 e. The van der Waals surface area contributed by atoms with E-state index in [9.17, 15) is 0 Å². The van der Waals surface area contributed by atoms with Gasteiger partial charge in [0, 0.05) is 19.7 Å². The first-order valence-corrected chi connectivity index (χ1v) is 10.2. The van der Waals surface area contributed by atoms with Crippen LogP contribution in [-0.2, 0) is 4.74 Å². The minimum atomic E-state index is 0. The Balaban J connectivity index is 0.00000261. The van der Waals surface area contributed by atoms with Crippen LogP contribution >= 0.6 is 24.0 Å². The van der Waals surface area contributed by atoms with E-state index in [4.69, 9.17) is 9.73 Å². The summed E-state index contributed by atoms with van der Waals surface area (Å²) in [5, 5.41) is 6.84. The summed E-state index contributed by atoms with van der Waals surface area (Å²) in [4.78, 5) is 7.50. The van der Waals surface area contributed by atoms with Gasteiger partial charge in [0.05, 0.1) is 18.7 Å². The van der Waals surface area contributed by atoms with E-state index in [2.05, 4.69) is 53.6 Å². The number of hydrogen-bond donors (Lipinski definition) is 2. The molecule has 0 aromatic heterocycles. The van der Waals surface area contributed by atoms with Gasteiger partial charge in [-0.2, -0.15) is 0 Å². The largest absolute Gasteiger partial charge is 0.376 e. The third kappa shape index (κ3) is 6.91. The Morgan fingerprint density at radius 2 is 1.93 bits per heavy atom. The molecule has 1 aromatic carbocycles. The highest BCUT2D eigenvalue weighted by molar-refractivity contribution is 14.0. The lowest BCUT2D eigenvalue weighted by Gasteiger charge is -2.27. The van der Waals surface area contributed by atoms with Gasteiger partial charge in [-0.25, -0.2) is 0 Å². The Kier molecular flexibility index (Phi) is 9.86. The number of nitrogens with zero attached hydrogens (tertiary/aromatic N) is 2. The van der Waals surface area contributed by atoms with Gasteiger partial charge in [0.15, 0.2) is 5.96 Å². The highest BCUT2D eigenvalue weighted by Crippen LogP contribution is 2.25. The number of ether oxygens (including phenoxy) is 1. The first-order chi connectivity index (χ1) is 12.8. The Morgan fingerprint density at radius 3 is 2.56 bits per heavy atom. The monoisotopic (exact) mass is 486 g/mol. The topological polar surface area (TPSA) is 48.9 Å². The van der Waals surface area contributed by atoms with Crippen LogP contribution in [0.1, 0.15) is 49.8 Å². The van der Waals surface area contributed by atoms with Crippen molar-refractivity contribution >= 4 is 29.9 Å². The molecule has 2 atom stereocenters. The van der Waals surface area contributed by atoms with Crippen LogP contribution in [0.15, 0.2) is 29.3 Å². The van der Waals surface area contributed by atoms with Crippen LogP contribution in [0.2, 0.25) is 0 Å². The number of aryl methyl sites for hydroxylation is 1. The molecular weight excluding hydrogens is 451 g/mol. The van der Waals surface area contributed by atoms with Crippen molar-refractivity contribution in [2.24, 2.45) is 4.99 Å². The number of benzene rings is 1.